The summed E-state index contributed by atoms with van der Waals surface area (Å²) >= 11 is 14.1. The number of nitrogens with zero attached hydrogens (tertiary/aromatic N) is 2. The van der Waals surface area contributed by atoms with Crippen LogP contribution in [0.25, 0.3) is 0 Å². The Morgan fingerprint density at radius 2 is 2.08 bits per heavy atom. The van der Waals surface area contributed by atoms with Gasteiger partial charge in [-0.2, -0.15) is 0 Å². The number of alkyl halides is 1. The van der Waals surface area contributed by atoms with Crippen molar-refractivity contribution >= 4 is 35.0 Å². The summed E-state index contributed by atoms with van der Waals surface area (Å²) in [7, 11) is 0. The molecule has 128 valence electrons. The Hall–Kier alpha value is -0.840. The first-order valence-electron chi connectivity index (χ1n) is 7.91. The van der Waals surface area contributed by atoms with E-state index in [4.69, 9.17) is 23.2 Å². The molecule has 0 spiro atoms. The maximum absolute atomic E-state index is 14.1. The molecule has 2 nitrogen and oxygen atoms in total. The lowest BCUT2D eigenvalue weighted by Gasteiger charge is -2.27. The highest BCUT2D eigenvalue weighted by Crippen LogP contribution is 2.45. The molecule has 1 atom stereocenters. The van der Waals surface area contributed by atoms with Crippen molar-refractivity contribution in [3.8, 4) is 0 Å². The zero-order valence-corrected chi connectivity index (χ0v) is 16.0. The van der Waals surface area contributed by atoms with Gasteiger partial charge in [0, 0.05) is 21.7 Å². The number of aromatic nitrogens is 2. The summed E-state index contributed by atoms with van der Waals surface area (Å²) in [5.74, 6) is 0. The van der Waals surface area contributed by atoms with E-state index in [9.17, 15) is 4.39 Å². The Morgan fingerprint density at radius 1 is 1.29 bits per heavy atom. The summed E-state index contributed by atoms with van der Waals surface area (Å²) in [4.78, 5) is 8.76. The third-order valence-corrected chi connectivity index (χ3v) is 6.19. The predicted octanol–water partition coefficient (Wildman–Crippen LogP) is 5.60. The van der Waals surface area contributed by atoms with Crippen LogP contribution in [0.1, 0.15) is 35.2 Å². The van der Waals surface area contributed by atoms with Crippen molar-refractivity contribution in [1.82, 2.24) is 9.97 Å². The molecule has 0 bridgehead atoms. The summed E-state index contributed by atoms with van der Waals surface area (Å²) in [6, 6.07) is 5.80. The number of rotatable bonds is 5. The summed E-state index contributed by atoms with van der Waals surface area (Å²) in [5, 5.41) is 1.88. The van der Waals surface area contributed by atoms with Crippen LogP contribution in [0.15, 0.2) is 23.4 Å². The second kappa shape index (κ2) is 7.19. The van der Waals surface area contributed by atoms with Crippen molar-refractivity contribution in [1.29, 1.82) is 0 Å². The summed E-state index contributed by atoms with van der Waals surface area (Å²) in [6.45, 7) is 1.55. The van der Waals surface area contributed by atoms with Crippen molar-refractivity contribution in [3.63, 3.8) is 0 Å². The monoisotopic (exact) mass is 384 g/mol. The molecule has 1 heterocycles. The maximum Gasteiger partial charge on any atom is 0.188 e. The van der Waals surface area contributed by atoms with Gasteiger partial charge in [-0.15, -0.1) is 0 Å². The standard InChI is InChI=1S/C18H19Cl2FN2S/c1-11-12(16(20)23-17(22-11)24-2)6-8-18(10-21)9-7-13-14(18)4-3-5-15(13)19/h3-5H,6-10H2,1-2H3/t18-/m1/s1. The average Bonchev–Trinajstić information content (AvgIpc) is 2.94. The molecule has 1 aliphatic rings. The van der Waals surface area contributed by atoms with Gasteiger partial charge in [0.25, 0.3) is 0 Å². The van der Waals surface area contributed by atoms with E-state index in [0.717, 1.165) is 40.2 Å². The van der Waals surface area contributed by atoms with E-state index >= 15 is 0 Å². The van der Waals surface area contributed by atoms with Crippen molar-refractivity contribution in [2.75, 3.05) is 12.9 Å². The molecule has 1 aliphatic carbocycles. The summed E-state index contributed by atoms with van der Waals surface area (Å²) < 4.78 is 14.1. The summed E-state index contributed by atoms with van der Waals surface area (Å²) in [6.07, 6.45) is 4.87. The topological polar surface area (TPSA) is 25.8 Å². The number of hydrogen-bond acceptors (Lipinski definition) is 3. The Morgan fingerprint density at radius 3 is 2.75 bits per heavy atom. The molecule has 6 heteroatoms. The zero-order valence-electron chi connectivity index (χ0n) is 13.7. The molecule has 1 aromatic heterocycles. The SMILES string of the molecule is CSc1nc(C)c(CC[C@]2(CF)CCc3c(Cl)cccc32)c(Cl)n1. The largest absolute Gasteiger partial charge is 0.250 e. The fraction of sp³-hybridized carbons (Fsp3) is 0.444. The van der Waals surface area contributed by atoms with Gasteiger partial charge in [0.15, 0.2) is 5.16 Å². The van der Waals surface area contributed by atoms with Gasteiger partial charge in [0.05, 0.1) is 6.67 Å². The molecule has 0 amide bonds. The van der Waals surface area contributed by atoms with E-state index in [1.165, 1.54) is 11.8 Å². The number of halogens is 3. The number of thioether (sulfide) groups is 1. The van der Waals surface area contributed by atoms with Crippen LogP contribution in [0.4, 0.5) is 4.39 Å². The second-order valence-corrected chi connectivity index (χ2v) is 7.78. The second-order valence-electron chi connectivity index (χ2n) is 6.24. The first-order valence-corrected chi connectivity index (χ1v) is 9.89. The molecular weight excluding hydrogens is 366 g/mol. The zero-order chi connectivity index (χ0) is 17.3. The van der Waals surface area contributed by atoms with Crippen molar-refractivity contribution in [2.45, 2.75) is 43.2 Å². The molecule has 24 heavy (non-hydrogen) atoms. The van der Waals surface area contributed by atoms with E-state index in [-0.39, 0.29) is 6.67 Å². The first-order chi connectivity index (χ1) is 11.5. The normalized spacial score (nSPS) is 19.5. The Bertz CT molecular complexity index is 746. The van der Waals surface area contributed by atoms with Gasteiger partial charge in [-0.25, -0.2) is 9.97 Å². The predicted molar refractivity (Wildman–Crippen MR) is 99.3 cm³/mol. The highest BCUT2D eigenvalue weighted by molar-refractivity contribution is 7.98. The minimum atomic E-state index is -0.478. The molecule has 0 saturated carbocycles. The van der Waals surface area contributed by atoms with Crippen LogP contribution >= 0.6 is 35.0 Å². The Balaban J connectivity index is 1.88. The van der Waals surface area contributed by atoms with Gasteiger partial charge in [-0.05, 0) is 56.1 Å². The van der Waals surface area contributed by atoms with E-state index in [1.54, 1.807) is 0 Å². The smallest absolute Gasteiger partial charge is 0.188 e. The van der Waals surface area contributed by atoms with Crippen LogP contribution in [0, 0.1) is 6.92 Å². The van der Waals surface area contributed by atoms with E-state index in [1.807, 2.05) is 31.4 Å². The third-order valence-electron chi connectivity index (χ3n) is 4.98. The molecule has 3 rings (SSSR count). The highest BCUT2D eigenvalue weighted by Gasteiger charge is 2.39. The minimum Gasteiger partial charge on any atom is -0.250 e. The number of benzene rings is 1. The molecule has 0 saturated heterocycles. The number of hydrogen-bond donors (Lipinski definition) is 0. The first kappa shape index (κ1) is 18.0. The van der Waals surface area contributed by atoms with Crippen LogP contribution in [0.2, 0.25) is 10.2 Å². The molecule has 0 aliphatic heterocycles. The molecular formula is C18H19Cl2FN2S. The van der Waals surface area contributed by atoms with Gasteiger partial charge in [-0.1, -0.05) is 47.1 Å². The molecule has 1 aromatic carbocycles. The highest BCUT2D eigenvalue weighted by atomic mass is 35.5. The fourth-order valence-corrected chi connectivity index (χ4v) is 4.59. The van der Waals surface area contributed by atoms with Crippen molar-refractivity contribution < 1.29 is 4.39 Å². The lowest BCUT2D eigenvalue weighted by molar-refractivity contribution is 0.284. The molecule has 0 fully saturated rings. The van der Waals surface area contributed by atoms with Gasteiger partial charge in [0.1, 0.15) is 5.15 Å². The lowest BCUT2D eigenvalue weighted by Crippen LogP contribution is -2.27. The van der Waals surface area contributed by atoms with Crippen LogP contribution in [-0.4, -0.2) is 22.9 Å². The minimum absolute atomic E-state index is 0.388. The molecule has 0 radical (unpaired) electrons. The van der Waals surface area contributed by atoms with Gasteiger partial charge in [0.2, 0.25) is 0 Å². The van der Waals surface area contributed by atoms with Gasteiger partial charge in [-0.3, -0.25) is 4.39 Å². The quantitative estimate of drug-likeness (QED) is 0.381. The number of fused-ring (bicyclic) bond motifs is 1. The van der Waals surface area contributed by atoms with Crippen molar-refractivity contribution in [2.24, 2.45) is 0 Å². The van der Waals surface area contributed by atoms with Crippen LogP contribution in [0.3, 0.4) is 0 Å². The Labute approximate surface area is 156 Å². The summed E-state index contributed by atoms with van der Waals surface area (Å²) in [5.41, 5.74) is 3.45. The van der Waals surface area contributed by atoms with E-state index in [2.05, 4.69) is 9.97 Å². The van der Waals surface area contributed by atoms with Crippen LogP contribution in [-0.2, 0) is 18.3 Å². The van der Waals surface area contributed by atoms with E-state index < -0.39 is 5.41 Å². The van der Waals surface area contributed by atoms with Crippen LogP contribution < -0.4 is 0 Å². The van der Waals surface area contributed by atoms with Gasteiger partial charge < -0.3 is 0 Å². The van der Waals surface area contributed by atoms with Crippen LogP contribution in [0.5, 0.6) is 0 Å². The maximum atomic E-state index is 14.1. The van der Waals surface area contributed by atoms with Crippen molar-refractivity contribution in [3.05, 3.63) is 50.8 Å². The molecule has 2 aromatic rings. The fourth-order valence-electron chi connectivity index (χ4n) is 3.55. The Kier molecular flexibility index (Phi) is 5.38. The lowest BCUT2D eigenvalue weighted by atomic mass is 9.78. The third kappa shape index (κ3) is 3.16. The average molecular weight is 385 g/mol. The molecule has 0 N–H and O–H groups in total. The van der Waals surface area contributed by atoms with E-state index in [0.29, 0.717) is 23.2 Å². The molecule has 0 unspecified atom stereocenters. The number of aryl methyl sites for hydroxylation is 1. The van der Waals surface area contributed by atoms with Gasteiger partial charge >= 0.3 is 0 Å².